The third-order valence-electron chi connectivity index (χ3n) is 3.95. The van der Waals surface area contributed by atoms with Crippen molar-refractivity contribution in [3.05, 3.63) is 30.3 Å². The third-order valence-corrected chi connectivity index (χ3v) is 3.95. The number of ether oxygens (including phenoxy) is 1. The van der Waals surface area contributed by atoms with E-state index in [0.717, 1.165) is 4.90 Å². The Bertz CT molecular complexity index is 675. The molecule has 26 heavy (non-hydrogen) atoms. The molecule has 0 aromatic heterocycles. The van der Waals surface area contributed by atoms with Gasteiger partial charge in [-0.05, 0) is 24.5 Å². The Balaban J connectivity index is 1.87. The Morgan fingerprint density at radius 3 is 2.46 bits per heavy atom. The average Bonchev–Trinajstić information content (AvgIpc) is 3.04. The summed E-state index contributed by atoms with van der Waals surface area (Å²) in [4.78, 5) is 48.9. The molecule has 1 heterocycles. The van der Waals surface area contributed by atoms with Crippen LogP contribution >= 0.6 is 0 Å². The number of nitrogens with one attached hydrogen (secondary N) is 2. The normalized spacial score (nSPS) is 14.9. The molecule has 0 aliphatic carbocycles. The Morgan fingerprint density at radius 2 is 1.88 bits per heavy atom. The number of imide groups is 1. The van der Waals surface area contributed by atoms with E-state index in [-0.39, 0.29) is 11.8 Å². The second-order valence-electron chi connectivity index (χ2n) is 6.34. The molecule has 1 aliphatic rings. The first-order valence-corrected chi connectivity index (χ1v) is 8.51. The van der Waals surface area contributed by atoms with Crippen molar-refractivity contribution in [1.29, 1.82) is 0 Å². The topological polar surface area (TPSA) is 105 Å². The predicted molar refractivity (Wildman–Crippen MR) is 94.1 cm³/mol. The molecule has 8 heteroatoms. The maximum absolute atomic E-state index is 12.3. The number of urea groups is 1. The molecule has 0 unspecified atom stereocenters. The molecule has 0 spiro atoms. The lowest BCUT2D eigenvalue weighted by Crippen LogP contribution is -2.48. The Labute approximate surface area is 151 Å². The fraction of sp³-hybridized carbons (Fsp3) is 0.444. The molecule has 0 saturated carbocycles. The zero-order chi connectivity index (χ0) is 19.1. The first-order chi connectivity index (χ1) is 12.4. The van der Waals surface area contributed by atoms with Gasteiger partial charge in [-0.2, -0.15) is 0 Å². The zero-order valence-corrected chi connectivity index (χ0v) is 14.9. The number of para-hydroxylation sites is 1. The van der Waals surface area contributed by atoms with Crippen LogP contribution in [0.15, 0.2) is 30.3 Å². The van der Waals surface area contributed by atoms with Gasteiger partial charge in [-0.25, -0.2) is 9.59 Å². The number of nitrogens with zero attached hydrogens (tertiary/aromatic N) is 1. The van der Waals surface area contributed by atoms with Gasteiger partial charge in [0.1, 0.15) is 6.04 Å². The summed E-state index contributed by atoms with van der Waals surface area (Å²) in [5.41, 5.74) is 0.587. The summed E-state index contributed by atoms with van der Waals surface area (Å²) in [6, 6.07) is 7.33. The van der Waals surface area contributed by atoms with Crippen LogP contribution in [0.1, 0.15) is 26.7 Å². The van der Waals surface area contributed by atoms with Gasteiger partial charge in [0.25, 0.3) is 5.91 Å². The van der Waals surface area contributed by atoms with E-state index in [4.69, 9.17) is 4.74 Å². The largest absolute Gasteiger partial charge is 0.454 e. The van der Waals surface area contributed by atoms with E-state index in [1.165, 1.54) is 0 Å². The van der Waals surface area contributed by atoms with Crippen molar-refractivity contribution in [3.8, 4) is 0 Å². The number of anilines is 1. The second-order valence-corrected chi connectivity index (χ2v) is 6.34. The van der Waals surface area contributed by atoms with Crippen LogP contribution in [0.4, 0.5) is 10.5 Å². The summed E-state index contributed by atoms with van der Waals surface area (Å²) in [6.45, 7) is 3.33. The monoisotopic (exact) mass is 361 g/mol. The molecule has 2 rings (SSSR count). The predicted octanol–water partition coefficient (Wildman–Crippen LogP) is 1.52. The standard InChI is InChI=1S/C18H23N3O5/c1-12(2)16(20-18(25)19-13-7-4-3-5-8-13)17(24)26-11-15(23)21-10-6-9-14(21)22/h3-5,7-8,12,16H,6,9-11H2,1-2H3,(H2,19,20,25)/t16-/m1/s1. The maximum Gasteiger partial charge on any atom is 0.329 e. The molecule has 140 valence electrons. The smallest absolute Gasteiger partial charge is 0.329 e. The third kappa shape index (κ3) is 5.30. The van der Waals surface area contributed by atoms with E-state index in [2.05, 4.69) is 10.6 Å². The molecule has 1 aromatic rings. The van der Waals surface area contributed by atoms with Crippen molar-refractivity contribution >= 4 is 29.5 Å². The van der Waals surface area contributed by atoms with E-state index in [1.54, 1.807) is 38.1 Å². The van der Waals surface area contributed by atoms with Crippen LogP contribution in [-0.2, 0) is 19.1 Å². The highest BCUT2D eigenvalue weighted by Crippen LogP contribution is 2.11. The van der Waals surface area contributed by atoms with E-state index < -0.39 is 30.6 Å². The molecule has 1 saturated heterocycles. The quantitative estimate of drug-likeness (QED) is 0.748. The SMILES string of the molecule is CC(C)[C@@H](NC(=O)Nc1ccccc1)C(=O)OCC(=O)N1CCCC1=O. The molecular formula is C18H23N3O5. The Hall–Kier alpha value is -2.90. The van der Waals surface area contributed by atoms with Crippen LogP contribution in [0.25, 0.3) is 0 Å². The van der Waals surface area contributed by atoms with Gasteiger partial charge in [-0.1, -0.05) is 32.0 Å². The van der Waals surface area contributed by atoms with Crippen LogP contribution < -0.4 is 10.6 Å². The average molecular weight is 361 g/mol. The lowest BCUT2D eigenvalue weighted by molar-refractivity contribution is -0.156. The van der Waals surface area contributed by atoms with Crippen LogP contribution in [0.3, 0.4) is 0 Å². The first kappa shape index (κ1) is 19.4. The van der Waals surface area contributed by atoms with E-state index >= 15 is 0 Å². The fourth-order valence-electron chi connectivity index (χ4n) is 2.54. The number of esters is 1. The van der Waals surface area contributed by atoms with Gasteiger partial charge in [0, 0.05) is 18.7 Å². The Morgan fingerprint density at radius 1 is 1.19 bits per heavy atom. The summed E-state index contributed by atoms with van der Waals surface area (Å²) < 4.78 is 5.01. The van der Waals surface area contributed by atoms with E-state index in [1.807, 2.05) is 6.07 Å². The number of carbonyl (C=O) groups excluding carboxylic acids is 4. The van der Waals surface area contributed by atoms with Crippen LogP contribution in [0.5, 0.6) is 0 Å². The fourth-order valence-corrected chi connectivity index (χ4v) is 2.54. The molecule has 4 amide bonds. The lowest BCUT2D eigenvalue weighted by atomic mass is 10.1. The second kappa shape index (κ2) is 8.98. The molecule has 1 atom stereocenters. The molecule has 0 bridgehead atoms. The zero-order valence-electron chi connectivity index (χ0n) is 14.9. The number of rotatable bonds is 6. The molecular weight excluding hydrogens is 338 g/mol. The molecule has 1 aliphatic heterocycles. The molecule has 1 aromatic carbocycles. The van der Waals surface area contributed by atoms with Crippen molar-refractivity contribution in [2.45, 2.75) is 32.7 Å². The van der Waals surface area contributed by atoms with Crippen LogP contribution in [0, 0.1) is 5.92 Å². The highest BCUT2D eigenvalue weighted by atomic mass is 16.5. The van der Waals surface area contributed by atoms with E-state index in [9.17, 15) is 19.2 Å². The molecule has 1 fully saturated rings. The van der Waals surface area contributed by atoms with Gasteiger partial charge in [-0.15, -0.1) is 0 Å². The number of likely N-dealkylation sites (tertiary alicyclic amines) is 1. The van der Waals surface area contributed by atoms with Gasteiger partial charge in [0.15, 0.2) is 6.61 Å². The number of hydrogen-bond acceptors (Lipinski definition) is 5. The van der Waals surface area contributed by atoms with Crippen molar-refractivity contribution in [3.63, 3.8) is 0 Å². The van der Waals surface area contributed by atoms with Crippen molar-refractivity contribution in [1.82, 2.24) is 10.2 Å². The summed E-state index contributed by atoms with van der Waals surface area (Å²) in [5.74, 6) is -1.76. The summed E-state index contributed by atoms with van der Waals surface area (Å²) >= 11 is 0. The van der Waals surface area contributed by atoms with E-state index in [0.29, 0.717) is 25.1 Å². The number of benzene rings is 1. The van der Waals surface area contributed by atoms with Crippen LogP contribution in [0.2, 0.25) is 0 Å². The maximum atomic E-state index is 12.3. The minimum Gasteiger partial charge on any atom is -0.454 e. The Kier molecular flexibility index (Phi) is 6.71. The van der Waals surface area contributed by atoms with Crippen molar-refractivity contribution < 1.29 is 23.9 Å². The van der Waals surface area contributed by atoms with Gasteiger partial charge in [0.2, 0.25) is 5.91 Å². The molecule has 2 N–H and O–H groups in total. The van der Waals surface area contributed by atoms with Gasteiger partial charge >= 0.3 is 12.0 Å². The minimum atomic E-state index is -0.916. The number of hydrogen-bond donors (Lipinski definition) is 2. The van der Waals surface area contributed by atoms with Gasteiger partial charge < -0.3 is 15.4 Å². The first-order valence-electron chi connectivity index (χ1n) is 8.51. The summed E-state index contributed by atoms with van der Waals surface area (Å²) in [6.07, 6.45) is 0.948. The number of amides is 4. The highest BCUT2D eigenvalue weighted by molar-refractivity contribution is 5.98. The summed E-state index contributed by atoms with van der Waals surface area (Å²) in [5, 5.41) is 5.17. The molecule has 0 radical (unpaired) electrons. The summed E-state index contributed by atoms with van der Waals surface area (Å²) in [7, 11) is 0. The lowest BCUT2D eigenvalue weighted by Gasteiger charge is -2.21. The van der Waals surface area contributed by atoms with Crippen molar-refractivity contribution in [2.24, 2.45) is 5.92 Å². The van der Waals surface area contributed by atoms with Crippen molar-refractivity contribution in [2.75, 3.05) is 18.5 Å². The minimum absolute atomic E-state index is 0.243. The number of carbonyl (C=O) groups is 4. The van der Waals surface area contributed by atoms with Gasteiger partial charge in [0.05, 0.1) is 0 Å². The highest BCUT2D eigenvalue weighted by Gasteiger charge is 2.30. The molecule has 8 nitrogen and oxygen atoms in total. The van der Waals surface area contributed by atoms with Crippen LogP contribution in [-0.4, -0.2) is 47.9 Å². The van der Waals surface area contributed by atoms with Gasteiger partial charge in [-0.3, -0.25) is 14.5 Å².